The molecule has 0 saturated carbocycles. The number of ether oxygens (including phenoxy) is 8. The summed E-state index contributed by atoms with van der Waals surface area (Å²) in [4.78, 5) is 109. The molecule has 18 nitrogen and oxygen atoms in total. The third kappa shape index (κ3) is 105. The van der Waals surface area contributed by atoms with Crippen LogP contribution in [0.25, 0.3) is 0 Å². The quantitative estimate of drug-likeness (QED) is 0.0239. The zero-order valence-electron chi connectivity index (χ0n) is 95.3. The third-order valence-corrected chi connectivity index (χ3v) is 27.2. The van der Waals surface area contributed by atoms with Gasteiger partial charge in [0, 0.05) is 77.5 Å². The Hall–Kier alpha value is -6.40. The van der Waals surface area contributed by atoms with Crippen molar-refractivity contribution in [2.24, 2.45) is 0 Å². The first-order valence-corrected chi connectivity index (χ1v) is 61.2. The second kappa shape index (κ2) is 113. The van der Waals surface area contributed by atoms with Gasteiger partial charge in [0.15, 0.2) is 0 Å². The summed E-state index contributed by atoms with van der Waals surface area (Å²) >= 11 is 0. The van der Waals surface area contributed by atoms with Gasteiger partial charge in [-0.05, 0) is 225 Å². The summed E-state index contributed by atoms with van der Waals surface area (Å²) in [6.07, 6.45) is 114. The zero-order valence-corrected chi connectivity index (χ0v) is 95.3. The van der Waals surface area contributed by atoms with Gasteiger partial charge < -0.3 is 47.7 Å². The second-order valence-electron chi connectivity index (χ2n) is 41.3. The lowest BCUT2D eigenvalue weighted by molar-refractivity contribution is -0.150. The number of carbonyl (C=O) groups excluding carboxylic acids is 8. The van der Waals surface area contributed by atoms with Crippen LogP contribution in [0, 0.1) is 0 Å². The van der Waals surface area contributed by atoms with Crippen molar-refractivity contribution in [3.05, 3.63) is 97.2 Å². The maximum absolute atomic E-state index is 13.5. The fourth-order valence-corrected chi connectivity index (χ4v) is 17.8. The van der Waals surface area contributed by atoms with Crippen LogP contribution >= 0.6 is 0 Å². The molecule has 0 aromatic carbocycles. The summed E-state index contributed by atoms with van der Waals surface area (Å²) in [5.74, 6) is -1.41. The number of hydrogen-bond donors (Lipinski definition) is 0. The number of hydrogen-bond acceptors (Lipinski definition) is 18. The predicted molar refractivity (Wildman–Crippen MR) is 609 cm³/mol. The van der Waals surface area contributed by atoms with E-state index in [4.69, 9.17) is 37.9 Å². The summed E-state index contributed by atoms with van der Waals surface area (Å²) in [5, 5.41) is 0. The van der Waals surface area contributed by atoms with E-state index in [0.29, 0.717) is 97.8 Å². The van der Waals surface area contributed by atoms with Gasteiger partial charge in [-0.25, -0.2) is 0 Å². The molecule has 4 atom stereocenters. The van der Waals surface area contributed by atoms with Crippen LogP contribution in [0.2, 0.25) is 0 Å². The van der Waals surface area contributed by atoms with E-state index in [1.807, 2.05) is 0 Å². The van der Waals surface area contributed by atoms with Crippen LogP contribution in [0.4, 0.5) is 0 Å². The second-order valence-corrected chi connectivity index (χ2v) is 41.3. The molecule has 0 bridgehead atoms. The lowest BCUT2D eigenvalue weighted by Gasteiger charge is -2.25. The van der Waals surface area contributed by atoms with Crippen LogP contribution in [-0.4, -0.2) is 148 Å². The summed E-state index contributed by atoms with van der Waals surface area (Å²) < 4.78 is 47.3. The molecule has 0 aliphatic rings. The molecular formula is C127H226N2O16. The van der Waals surface area contributed by atoms with Crippen LogP contribution in [0.3, 0.4) is 0 Å². The van der Waals surface area contributed by atoms with E-state index in [1.54, 1.807) is 0 Å². The van der Waals surface area contributed by atoms with E-state index in [-0.39, 0.29) is 97.9 Å². The molecule has 0 amide bonds. The Morgan fingerprint density at radius 3 is 0.538 bits per heavy atom. The molecule has 0 aliphatic heterocycles. The van der Waals surface area contributed by atoms with E-state index < -0.39 is 0 Å². The molecule has 0 rings (SSSR count). The number of esters is 8. The Morgan fingerprint density at radius 1 is 0.166 bits per heavy atom. The molecule has 4 unspecified atom stereocenters. The minimum Gasteiger partial charge on any atom is -0.466 e. The fraction of sp³-hybridized carbons (Fsp3) is 0.811. The van der Waals surface area contributed by atoms with E-state index in [2.05, 4.69) is 162 Å². The Morgan fingerprint density at radius 2 is 0.331 bits per heavy atom. The Bertz CT molecular complexity index is 2770. The van der Waals surface area contributed by atoms with Crippen molar-refractivity contribution >= 4 is 47.8 Å². The first kappa shape index (κ1) is 139. The highest BCUT2D eigenvalue weighted by Crippen LogP contribution is 2.23. The van der Waals surface area contributed by atoms with Crippen molar-refractivity contribution in [2.45, 2.75) is 600 Å². The topological polar surface area (TPSA) is 217 Å². The van der Waals surface area contributed by atoms with E-state index in [1.165, 1.54) is 154 Å². The molecule has 0 fully saturated rings. The van der Waals surface area contributed by atoms with Crippen LogP contribution < -0.4 is 0 Å². The molecule has 145 heavy (non-hydrogen) atoms. The van der Waals surface area contributed by atoms with Gasteiger partial charge in [0.05, 0.1) is 52.1 Å². The molecule has 0 aromatic heterocycles. The van der Waals surface area contributed by atoms with Crippen LogP contribution in [-0.2, 0) is 76.3 Å². The molecule has 0 spiro atoms. The normalized spacial score (nSPS) is 12.9. The summed E-state index contributed by atoms with van der Waals surface area (Å²) in [5.41, 5.74) is 0. The minimum absolute atomic E-state index is 0.0652. The van der Waals surface area contributed by atoms with Crippen molar-refractivity contribution in [1.82, 2.24) is 9.80 Å². The minimum atomic E-state index is -0.260. The number of nitrogens with zero attached hydrogens (tertiary/aromatic N) is 2. The Kier molecular flexibility index (Phi) is 108. The van der Waals surface area contributed by atoms with Crippen LogP contribution in [0.5, 0.6) is 0 Å². The van der Waals surface area contributed by atoms with E-state index >= 15 is 0 Å². The molecule has 840 valence electrons. The molecule has 0 saturated heterocycles. The maximum atomic E-state index is 13.5. The Labute approximate surface area is 891 Å². The highest BCUT2D eigenvalue weighted by Gasteiger charge is 2.21. The standard InChI is InChI=1S/C127H226N2O16/c1-9-17-25-33-49-65-81-98-124(134)142-116(90-73-29-21-13-5)94-77-61-53-41-37-45-57-69-85-112-138-120(130)102-108-128(109-103-121(131)139-113-86-70-58-46-38-42-54-62-78-95-117(91-74-30-22-14-6)143-125(135)99-82-66-50-34-26-18-10-2)106-89-107-129(110-104-122(132)140-114-87-71-59-47-39-43-55-63-79-96-118(92-75-31-23-15-7)144-126(136)100-83-67-51-35-27-19-11-3)111-105-123(133)141-115-88-72-60-48-40-44-56-64-80-97-119(93-76-32-24-16-8)145-127(137)101-84-68-52-36-28-20-12-4/h49-52,61-68,77-80,116-119H,9-48,53-60,69-76,81-115H2,1-8H3/b65-49-,66-50-,67-51-,68-52-,77-61-,78-62-,79-63-,80-64-. The first-order valence-electron chi connectivity index (χ1n) is 61.2. The molecule has 0 aliphatic carbocycles. The average molecular weight is 2040 g/mol. The summed E-state index contributed by atoms with van der Waals surface area (Å²) in [6.45, 7) is 22.0. The lowest BCUT2D eigenvalue weighted by atomic mass is 10.1. The summed E-state index contributed by atoms with van der Waals surface area (Å²) in [6, 6.07) is 0. The zero-order chi connectivity index (χ0) is 105. The molecule has 18 heteroatoms. The molecule has 0 heterocycles. The number of rotatable bonds is 112. The van der Waals surface area contributed by atoms with Crippen molar-refractivity contribution < 1.29 is 76.3 Å². The molecule has 0 radical (unpaired) electrons. The first-order chi connectivity index (χ1) is 71.2. The molecular weight excluding hydrogens is 1810 g/mol. The van der Waals surface area contributed by atoms with E-state index in [0.717, 1.165) is 308 Å². The van der Waals surface area contributed by atoms with E-state index in [9.17, 15) is 38.4 Å². The monoisotopic (exact) mass is 2040 g/mol. The smallest absolute Gasteiger partial charge is 0.307 e. The number of unbranched alkanes of at least 4 members (excludes halogenated alkanes) is 48. The van der Waals surface area contributed by atoms with Crippen LogP contribution in [0.1, 0.15) is 575 Å². The Balaban J connectivity index is 6.06. The van der Waals surface area contributed by atoms with Crippen molar-refractivity contribution in [3.8, 4) is 0 Å². The van der Waals surface area contributed by atoms with Gasteiger partial charge in [-0.3, -0.25) is 38.4 Å². The fourth-order valence-electron chi connectivity index (χ4n) is 17.8. The van der Waals surface area contributed by atoms with Gasteiger partial charge in [-0.2, -0.15) is 0 Å². The van der Waals surface area contributed by atoms with Crippen molar-refractivity contribution in [2.75, 3.05) is 65.7 Å². The number of allylic oxidation sites excluding steroid dienone is 12. The molecule has 0 N–H and O–H groups in total. The number of carbonyl (C=O) groups is 8. The van der Waals surface area contributed by atoms with Gasteiger partial charge in [0.2, 0.25) is 0 Å². The lowest BCUT2D eigenvalue weighted by Crippen LogP contribution is -2.35. The predicted octanol–water partition coefficient (Wildman–Crippen LogP) is 35.6. The maximum Gasteiger partial charge on any atom is 0.307 e. The van der Waals surface area contributed by atoms with Gasteiger partial charge in [0.25, 0.3) is 0 Å². The highest BCUT2D eigenvalue weighted by atomic mass is 16.6. The van der Waals surface area contributed by atoms with Gasteiger partial charge in [0.1, 0.15) is 24.4 Å². The van der Waals surface area contributed by atoms with Gasteiger partial charge >= 0.3 is 47.8 Å². The highest BCUT2D eigenvalue weighted by molar-refractivity contribution is 5.72. The average Bonchev–Trinajstić information content (AvgIpc) is 0.870. The summed E-state index contributed by atoms with van der Waals surface area (Å²) in [7, 11) is 0. The van der Waals surface area contributed by atoms with Crippen LogP contribution in [0.15, 0.2) is 97.2 Å². The van der Waals surface area contributed by atoms with Crippen molar-refractivity contribution in [1.29, 1.82) is 0 Å². The van der Waals surface area contributed by atoms with Gasteiger partial charge in [-0.15, -0.1) is 0 Å². The van der Waals surface area contributed by atoms with Gasteiger partial charge in [-0.1, -0.05) is 384 Å². The molecule has 0 aromatic rings. The largest absolute Gasteiger partial charge is 0.466 e. The SMILES string of the molecule is CCCCC/C=C\CCC(=O)OC(C/C=C\CCCCCCCCOC(=O)CCN(CCCN(CCC(=O)OCCCCCCCC/C=C\CC(CCCCCC)OC(=O)CC/C=C\CCCCC)CCC(=O)OCCCCCCCC/C=C\CC(CCCCCC)OC(=O)CC/C=C\CCCCC)CCC(=O)OCCCCCCCC/C=C\CC(CCCCCC)OC(=O)CC/C=C\CCCCC)CCCCCC. The third-order valence-electron chi connectivity index (χ3n) is 27.2. The van der Waals surface area contributed by atoms with Crippen molar-refractivity contribution in [3.63, 3.8) is 0 Å².